The quantitative estimate of drug-likeness (QED) is 0.638. The normalized spacial score (nSPS) is 20.7. The van der Waals surface area contributed by atoms with Crippen LogP contribution in [-0.2, 0) is 0 Å². The number of fused-ring (bicyclic) bond motifs is 1. The van der Waals surface area contributed by atoms with Crippen LogP contribution in [0.3, 0.4) is 0 Å². The SMILES string of the molecule is Cc1ccc(C)c2c1NCC[C@@H]2C. The minimum Gasteiger partial charge on any atom is -0.385 e. The van der Waals surface area contributed by atoms with Crippen LogP contribution in [0, 0.1) is 13.8 Å². The topological polar surface area (TPSA) is 12.0 Å². The molecule has 1 atom stereocenters. The van der Waals surface area contributed by atoms with Crippen LogP contribution in [-0.4, -0.2) is 6.54 Å². The van der Waals surface area contributed by atoms with Gasteiger partial charge in [-0.3, -0.25) is 0 Å². The minimum absolute atomic E-state index is 0.719. The average molecular weight is 175 g/mol. The van der Waals surface area contributed by atoms with Crippen molar-refractivity contribution in [3.63, 3.8) is 0 Å². The zero-order chi connectivity index (χ0) is 9.42. The highest BCUT2D eigenvalue weighted by Gasteiger charge is 2.18. The molecule has 0 amide bonds. The third-order valence-electron chi connectivity index (χ3n) is 3.04. The maximum Gasteiger partial charge on any atom is 0.0407 e. The molecule has 1 nitrogen and oxygen atoms in total. The molecule has 0 saturated heterocycles. The van der Waals surface area contributed by atoms with Crippen molar-refractivity contribution in [2.24, 2.45) is 0 Å². The summed E-state index contributed by atoms with van der Waals surface area (Å²) in [6, 6.07) is 4.44. The molecule has 0 radical (unpaired) electrons. The van der Waals surface area contributed by atoms with Gasteiger partial charge in [0.2, 0.25) is 0 Å². The first-order valence-corrected chi connectivity index (χ1v) is 5.04. The molecule has 0 saturated carbocycles. The van der Waals surface area contributed by atoms with Crippen molar-refractivity contribution in [2.45, 2.75) is 33.1 Å². The van der Waals surface area contributed by atoms with Crippen molar-refractivity contribution in [1.29, 1.82) is 0 Å². The number of nitrogens with one attached hydrogen (secondary N) is 1. The van der Waals surface area contributed by atoms with Gasteiger partial charge in [0.1, 0.15) is 0 Å². The van der Waals surface area contributed by atoms with Crippen LogP contribution >= 0.6 is 0 Å². The van der Waals surface area contributed by atoms with Gasteiger partial charge in [-0.1, -0.05) is 19.1 Å². The lowest BCUT2D eigenvalue weighted by Crippen LogP contribution is -2.17. The van der Waals surface area contributed by atoms with Crippen LogP contribution in [0.4, 0.5) is 5.69 Å². The van der Waals surface area contributed by atoms with Crippen LogP contribution < -0.4 is 5.32 Å². The monoisotopic (exact) mass is 175 g/mol. The largest absolute Gasteiger partial charge is 0.385 e. The van der Waals surface area contributed by atoms with E-state index in [0.717, 1.165) is 12.5 Å². The summed E-state index contributed by atoms with van der Waals surface area (Å²) in [4.78, 5) is 0. The fourth-order valence-electron chi connectivity index (χ4n) is 2.26. The molecular weight excluding hydrogens is 158 g/mol. The predicted octanol–water partition coefficient (Wildman–Crippen LogP) is 3.22. The molecular formula is C12H17N. The molecule has 0 fully saturated rings. The summed E-state index contributed by atoms with van der Waals surface area (Å²) < 4.78 is 0. The van der Waals surface area contributed by atoms with E-state index in [9.17, 15) is 0 Å². The predicted molar refractivity (Wildman–Crippen MR) is 57.4 cm³/mol. The Morgan fingerprint density at radius 2 is 1.92 bits per heavy atom. The molecule has 2 rings (SSSR count). The van der Waals surface area contributed by atoms with Gasteiger partial charge in [-0.05, 0) is 42.9 Å². The summed E-state index contributed by atoms with van der Waals surface area (Å²) in [5.74, 6) is 0.719. The van der Waals surface area contributed by atoms with E-state index in [2.05, 4.69) is 38.2 Å². The van der Waals surface area contributed by atoms with E-state index >= 15 is 0 Å². The zero-order valence-electron chi connectivity index (χ0n) is 8.65. The molecule has 1 aromatic rings. The Balaban J connectivity index is 2.60. The lowest BCUT2D eigenvalue weighted by atomic mass is 9.87. The van der Waals surface area contributed by atoms with Crippen molar-refractivity contribution >= 4 is 5.69 Å². The van der Waals surface area contributed by atoms with E-state index < -0.39 is 0 Å². The summed E-state index contributed by atoms with van der Waals surface area (Å²) in [5, 5.41) is 3.50. The van der Waals surface area contributed by atoms with E-state index in [-0.39, 0.29) is 0 Å². The van der Waals surface area contributed by atoms with Crippen LogP contribution in [0.15, 0.2) is 12.1 Å². The van der Waals surface area contributed by atoms with Crippen molar-refractivity contribution in [3.8, 4) is 0 Å². The summed E-state index contributed by atoms with van der Waals surface area (Å²) in [6.07, 6.45) is 1.26. The van der Waals surface area contributed by atoms with Gasteiger partial charge in [0, 0.05) is 12.2 Å². The number of hydrogen-bond acceptors (Lipinski definition) is 1. The standard InChI is InChI=1S/C12H17N/c1-8-4-5-10(3)12-11(8)9(2)6-7-13-12/h4-5,9,13H,6-7H2,1-3H3/t9-/m0/s1. The lowest BCUT2D eigenvalue weighted by molar-refractivity contribution is 0.678. The third kappa shape index (κ3) is 1.32. The Bertz CT molecular complexity index is 328. The van der Waals surface area contributed by atoms with Crippen LogP contribution in [0.5, 0.6) is 0 Å². The first-order chi connectivity index (χ1) is 6.20. The lowest BCUT2D eigenvalue weighted by Gasteiger charge is -2.27. The number of rotatable bonds is 0. The maximum absolute atomic E-state index is 3.50. The number of anilines is 1. The average Bonchev–Trinajstić information content (AvgIpc) is 2.12. The van der Waals surface area contributed by atoms with E-state index in [1.165, 1.54) is 28.8 Å². The number of benzene rings is 1. The van der Waals surface area contributed by atoms with Gasteiger partial charge in [-0.15, -0.1) is 0 Å². The second-order valence-corrected chi connectivity index (χ2v) is 4.10. The molecule has 1 N–H and O–H groups in total. The Morgan fingerprint density at radius 3 is 2.62 bits per heavy atom. The zero-order valence-corrected chi connectivity index (χ0v) is 8.65. The second kappa shape index (κ2) is 3.06. The van der Waals surface area contributed by atoms with Crippen LogP contribution in [0.2, 0.25) is 0 Å². The van der Waals surface area contributed by atoms with E-state index in [0.29, 0.717) is 0 Å². The fourth-order valence-corrected chi connectivity index (χ4v) is 2.26. The van der Waals surface area contributed by atoms with E-state index in [1.807, 2.05) is 0 Å². The van der Waals surface area contributed by atoms with E-state index in [1.54, 1.807) is 0 Å². The molecule has 0 aliphatic carbocycles. The van der Waals surface area contributed by atoms with Crippen LogP contribution in [0.25, 0.3) is 0 Å². The van der Waals surface area contributed by atoms with Crippen LogP contribution in [0.1, 0.15) is 36.0 Å². The van der Waals surface area contributed by atoms with Gasteiger partial charge in [0.05, 0.1) is 0 Å². The number of hydrogen-bond donors (Lipinski definition) is 1. The minimum atomic E-state index is 0.719. The van der Waals surface area contributed by atoms with Gasteiger partial charge in [0.15, 0.2) is 0 Å². The molecule has 1 aliphatic heterocycles. The molecule has 13 heavy (non-hydrogen) atoms. The van der Waals surface area contributed by atoms with Gasteiger partial charge in [-0.25, -0.2) is 0 Å². The molecule has 70 valence electrons. The molecule has 1 heterocycles. The van der Waals surface area contributed by atoms with Gasteiger partial charge in [0.25, 0.3) is 0 Å². The summed E-state index contributed by atoms with van der Waals surface area (Å²) in [7, 11) is 0. The summed E-state index contributed by atoms with van der Waals surface area (Å²) in [6.45, 7) is 7.84. The second-order valence-electron chi connectivity index (χ2n) is 4.10. The van der Waals surface area contributed by atoms with Gasteiger partial charge < -0.3 is 5.32 Å². The molecule has 0 unspecified atom stereocenters. The summed E-state index contributed by atoms with van der Waals surface area (Å²) >= 11 is 0. The van der Waals surface area contributed by atoms with Gasteiger partial charge in [-0.2, -0.15) is 0 Å². The number of aryl methyl sites for hydroxylation is 2. The van der Waals surface area contributed by atoms with Crippen molar-refractivity contribution in [1.82, 2.24) is 0 Å². The van der Waals surface area contributed by atoms with Crippen molar-refractivity contribution in [3.05, 3.63) is 28.8 Å². The van der Waals surface area contributed by atoms with Crippen molar-refractivity contribution in [2.75, 3.05) is 11.9 Å². The van der Waals surface area contributed by atoms with Gasteiger partial charge >= 0.3 is 0 Å². The highest BCUT2D eigenvalue weighted by molar-refractivity contribution is 5.62. The Kier molecular flexibility index (Phi) is 2.03. The first-order valence-electron chi connectivity index (χ1n) is 5.04. The molecule has 1 aromatic carbocycles. The summed E-state index contributed by atoms with van der Waals surface area (Å²) in [5.41, 5.74) is 5.73. The Morgan fingerprint density at radius 1 is 1.23 bits per heavy atom. The highest BCUT2D eigenvalue weighted by Crippen LogP contribution is 2.35. The molecule has 0 spiro atoms. The van der Waals surface area contributed by atoms with E-state index in [4.69, 9.17) is 0 Å². The molecule has 0 aromatic heterocycles. The maximum atomic E-state index is 3.50. The molecule has 0 bridgehead atoms. The fraction of sp³-hybridized carbons (Fsp3) is 0.500. The first kappa shape index (κ1) is 8.61. The molecule has 1 heteroatoms. The third-order valence-corrected chi connectivity index (χ3v) is 3.04. The van der Waals surface area contributed by atoms with Crippen molar-refractivity contribution < 1.29 is 0 Å². The highest BCUT2D eigenvalue weighted by atomic mass is 14.9. The Labute approximate surface area is 80.2 Å². The smallest absolute Gasteiger partial charge is 0.0407 e. The molecule has 1 aliphatic rings. The Hall–Kier alpha value is -0.980.